The highest BCUT2D eigenvalue weighted by Crippen LogP contribution is 2.70. The van der Waals surface area contributed by atoms with Gasteiger partial charge in [0, 0.05) is 0 Å². The molecule has 122 valence electrons. The van der Waals surface area contributed by atoms with Crippen LogP contribution in [0.25, 0.3) is 0 Å². The van der Waals surface area contributed by atoms with Crippen LogP contribution in [-0.4, -0.2) is 25.2 Å². The van der Waals surface area contributed by atoms with Gasteiger partial charge in [-0.3, -0.25) is 9.59 Å². The van der Waals surface area contributed by atoms with E-state index in [4.69, 9.17) is 9.47 Å². The summed E-state index contributed by atoms with van der Waals surface area (Å²) in [6.07, 6.45) is 5.02. The summed E-state index contributed by atoms with van der Waals surface area (Å²) in [7, 11) is 0. The molecule has 0 amide bonds. The van der Waals surface area contributed by atoms with Crippen molar-refractivity contribution in [1.82, 2.24) is 0 Å². The van der Waals surface area contributed by atoms with Crippen LogP contribution in [-0.2, 0) is 19.1 Å². The van der Waals surface area contributed by atoms with E-state index in [9.17, 15) is 9.59 Å². The summed E-state index contributed by atoms with van der Waals surface area (Å²) >= 11 is 0. The lowest BCUT2D eigenvalue weighted by atomic mass is 9.63. The van der Waals surface area contributed by atoms with Crippen LogP contribution < -0.4 is 0 Å². The monoisotopic (exact) mass is 306 g/mol. The first-order valence-electron chi connectivity index (χ1n) is 9.00. The first-order chi connectivity index (χ1) is 10.7. The molecule has 0 radical (unpaired) electrons. The quantitative estimate of drug-likeness (QED) is 0.592. The molecule has 0 N–H and O–H groups in total. The minimum Gasteiger partial charge on any atom is -0.466 e. The van der Waals surface area contributed by atoms with E-state index in [1.54, 1.807) is 0 Å². The van der Waals surface area contributed by atoms with Crippen LogP contribution in [0.4, 0.5) is 0 Å². The van der Waals surface area contributed by atoms with Crippen molar-refractivity contribution in [3.05, 3.63) is 0 Å². The van der Waals surface area contributed by atoms with E-state index in [1.807, 2.05) is 13.8 Å². The van der Waals surface area contributed by atoms with E-state index in [0.717, 1.165) is 18.3 Å². The van der Waals surface area contributed by atoms with Gasteiger partial charge in [-0.05, 0) is 75.0 Å². The molecule has 4 bridgehead atoms. The fourth-order valence-corrected chi connectivity index (χ4v) is 6.70. The highest BCUT2D eigenvalue weighted by molar-refractivity contribution is 5.84. The number of rotatable bonds is 4. The Morgan fingerprint density at radius 1 is 0.818 bits per heavy atom. The second kappa shape index (κ2) is 5.24. The molecule has 4 nitrogen and oxygen atoms in total. The van der Waals surface area contributed by atoms with Crippen molar-refractivity contribution < 1.29 is 19.1 Å². The van der Waals surface area contributed by atoms with Crippen molar-refractivity contribution in [3.63, 3.8) is 0 Å². The van der Waals surface area contributed by atoms with E-state index in [2.05, 4.69) is 0 Å². The molecule has 0 spiro atoms. The van der Waals surface area contributed by atoms with E-state index < -0.39 is 0 Å². The minimum absolute atomic E-state index is 0.158. The molecule has 4 aliphatic carbocycles. The molecule has 0 aromatic carbocycles. The Hall–Kier alpha value is -1.06. The van der Waals surface area contributed by atoms with Gasteiger partial charge < -0.3 is 9.47 Å². The van der Waals surface area contributed by atoms with E-state index in [1.165, 1.54) is 19.3 Å². The van der Waals surface area contributed by atoms with Crippen LogP contribution in [0.5, 0.6) is 0 Å². The van der Waals surface area contributed by atoms with Gasteiger partial charge in [0.2, 0.25) is 0 Å². The molecule has 4 rings (SSSR count). The zero-order chi connectivity index (χ0) is 15.4. The van der Waals surface area contributed by atoms with E-state index in [-0.39, 0.29) is 23.8 Å². The first-order valence-corrected chi connectivity index (χ1v) is 9.00. The van der Waals surface area contributed by atoms with E-state index in [0.29, 0.717) is 36.9 Å². The molecule has 0 aromatic heterocycles. The average molecular weight is 306 g/mol. The Bertz CT molecular complexity index is 445. The molecule has 0 aliphatic heterocycles. The zero-order valence-electron chi connectivity index (χ0n) is 13.5. The summed E-state index contributed by atoms with van der Waals surface area (Å²) in [5, 5.41) is 0. The second-order valence-corrected chi connectivity index (χ2v) is 7.61. The topological polar surface area (TPSA) is 52.6 Å². The number of fused-ring (bicyclic) bond motifs is 9. The predicted molar refractivity (Wildman–Crippen MR) is 79.7 cm³/mol. The summed E-state index contributed by atoms with van der Waals surface area (Å²) in [6, 6.07) is 0. The van der Waals surface area contributed by atoms with Crippen molar-refractivity contribution in [2.45, 2.75) is 39.5 Å². The normalized spacial score (nSPS) is 47.5. The van der Waals surface area contributed by atoms with Gasteiger partial charge in [-0.1, -0.05) is 0 Å². The van der Waals surface area contributed by atoms with Crippen molar-refractivity contribution in [2.75, 3.05) is 13.2 Å². The number of carbonyl (C=O) groups is 2. The summed E-state index contributed by atoms with van der Waals surface area (Å²) in [6.45, 7) is 4.46. The van der Waals surface area contributed by atoms with Crippen molar-refractivity contribution in [3.8, 4) is 0 Å². The standard InChI is InChI=1S/C18H26O4/c1-3-21-17(19)15-11-8-12(16(15)18(20)22-4-2)14-10-6-5-9(7-10)13(11)14/h9-16H,3-8H2,1-2H3/t9-,10?,11+,12-,13?,14?,15?,16?/m1/s1. The number of esters is 2. The molecule has 22 heavy (non-hydrogen) atoms. The highest BCUT2D eigenvalue weighted by atomic mass is 16.5. The predicted octanol–water partition coefficient (Wildman–Crippen LogP) is 2.66. The number of hydrogen-bond acceptors (Lipinski definition) is 4. The number of carbonyl (C=O) groups excluding carboxylic acids is 2. The Balaban J connectivity index is 1.64. The Morgan fingerprint density at radius 3 is 1.68 bits per heavy atom. The summed E-state index contributed by atoms with van der Waals surface area (Å²) in [5.74, 6) is 2.85. The molecule has 5 unspecified atom stereocenters. The van der Waals surface area contributed by atoms with Gasteiger partial charge in [-0.25, -0.2) is 0 Å². The fourth-order valence-electron chi connectivity index (χ4n) is 6.70. The Labute approximate surface area is 131 Å². The van der Waals surface area contributed by atoms with Crippen LogP contribution in [0.1, 0.15) is 39.5 Å². The maximum atomic E-state index is 12.5. The van der Waals surface area contributed by atoms with Gasteiger partial charge in [0.25, 0.3) is 0 Å². The van der Waals surface area contributed by atoms with Crippen LogP contribution in [0.15, 0.2) is 0 Å². The molecule has 0 heterocycles. The number of ether oxygens (including phenoxy) is 2. The second-order valence-electron chi connectivity index (χ2n) is 7.61. The fraction of sp³-hybridized carbons (Fsp3) is 0.889. The number of hydrogen-bond donors (Lipinski definition) is 0. The summed E-state index contributed by atoms with van der Waals surface area (Å²) < 4.78 is 10.6. The van der Waals surface area contributed by atoms with Crippen molar-refractivity contribution in [1.29, 1.82) is 0 Å². The lowest BCUT2D eigenvalue weighted by Gasteiger charge is -2.41. The summed E-state index contributed by atoms with van der Waals surface area (Å²) in [5.41, 5.74) is 0. The van der Waals surface area contributed by atoms with Gasteiger partial charge in [-0.2, -0.15) is 0 Å². The third-order valence-corrected chi connectivity index (χ3v) is 7.01. The SMILES string of the molecule is CCOC(=O)C1C(C(=O)OCC)[C@@H]2C[C@H]1C1C2C2CC[C@@H]1C2. The maximum absolute atomic E-state index is 12.5. The molecule has 4 aliphatic rings. The molecular formula is C18H26O4. The largest absolute Gasteiger partial charge is 0.466 e. The lowest BCUT2D eigenvalue weighted by molar-refractivity contribution is -0.166. The average Bonchev–Trinajstić information content (AvgIpc) is 3.24. The van der Waals surface area contributed by atoms with Gasteiger partial charge in [-0.15, -0.1) is 0 Å². The third kappa shape index (κ3) is 1.82. The third-order valence-electron chi connectivity index (χ3n) is 7.01. The zero-order valence-corrected chi connectivity index (χ0v) is 13.5. The molecular weight excluding hydrogens is 280 g/mol. The van der Waals surface area contributed by atoms with Gasteiger partial charge in [0.1, 0.15) is 0 Å². The van der Waals surface area contributed by atoms with Crippen molar-refractivity contribution in [2.24, 2.45) is 47.3 Å². The van der Waals surface area contributed by atoms with Crippen LogP contribution in [0.2, 0.25) is 0 Å². The van der Waals surface area contributed by atoms with Crippen molar-refractivity contribution >= 4 is 11.9 Å². The van der Waals surface area contributed by atoms with Gasteiger partial charge >= 0.3 is 11.9 Å². The maximum Gasteiger partial charge on any atom is 0.310 e. The molecule has 4 fully saturated rings. The van der Waals surface area contributed by atoms with E-state index >= 15 is 0 Å². The first kappa shape index (κ1) is 14.5. The molecule has 0 aromatic rings. The molecule has 0 saturated heterocycles. The molecule has 4 heteroatoms. The van der Waals surface area contributed by atoms with Gasteiger partial charge in [0.05, 0.1) is 25.0 Å². The molecule has 4 saturated carbocycles. The Kier molecular flexibility index (Phi) is 3.46. The Morgan fingerprint density at radius 2 is 1.27 bits per heavy atom. The highest BCUT2D eigenvalue weighted by Gasteiger charge is 2.69. The van der Waals surface area contributed by atoms with Crippen LogP contribution in [0, 0.1) is 47.3 Å². The lowest BCUT2D eigenvalue weighted by Crippen LogP contribution is -2.45. The smallest absolute Gasteiger partial charge is 0.310 e. The van der Waals surface area contributed by atoms with Gasteiger partial charge in [0.15, 0.2) is 0 Å². The summed E-state index contributed by atoms with van der Waals surface area (Å²) in [4.78, 5) is 25.0. The van der Waals surface area contributed by atoms with Crippen LogP contribution >= 0.6 is 0 Å². The minimum atomic E-state index is -0.246. The van der Waals surface area contributed by atoms with Crippen LogP contribution in [0.3, 0.4) is 0 Å². The molecule has 8 atom stereocenters.